The first-order valence-electron chi connectivity index (χ1n) is 5.26. The largest absolute Gasteiger partial charge is 0.488 e. The van der Waals surface area contributed by atoms with Gasteiger partial charge in [-0.05, 0) is 6.92 Å². The molecule has 1 aromatic carbocycles. The Morgan fingerprint density at radius 1 is 1.28 bits per heavy atom. The lowest BCUT2D eigenvalue weighted by Crippen LogP contribution is -2.35. The molecule has 0 fully saturated rings. The fourth-order valence-corrected chi connectivity index (χ4v) is 1.69. The van der Waals surface area contributed by atoms with Crippen molar-refractivity contribution in [3.8, 4) is 5.75 Å². The van der Waals surface area contributed by atoms with Crippen molar-refractivity contribution in [3.63, 3.8) is 0 Å². The Balaban J connectivity index is 2.50. The average molecular weight is 275 g/mol. The number of hydrogen-bond donors (Lipinski definition) is 3. The van der Waals surface area contributed by atoms with E-state index in [-0.39, 0.29) is 30.8 Å². The first-order valence-corrected chi connectivity index (χ1v) is 7.06. The highest BCUT2D eigenvalue weighted by atomic mass is 31.2. The summed E-state index contributed by atoms with van der Waals surface area (Å²) >= 11 is 0. The second kappa shape index (κ2) is 5.95. The molecule has 0 amide bonds. The van der Waals surface area contributed by atoms with Gasteiger partial charge in [0.1, 0.15) is 5.69 Å². The fraction of sp³-hybridized carbons (Fsp3) is 0.400. The van der Waals surface area contributed by atoms with Gasteiger partial charge in [0.25, 0.3) is 10.9 Å². The van der Waals surface area contributed by atoms with E-state index in [4.69, 9.17) is 14.5 Å². The van der Waals surface area contributed by atoms with Crippen molar-refractivity contribution in [1.82, 2.24) is 0 Å². The quantitative estimate of drug-likeness (QED) is 0.359. The van der Waals surface area contributed by atoms with Gasteiger partial charge in [0.15, 0.2) is 5.75 Å². The lowest BCUT2D eigenvalue weighted by atomic mass is 10.2. The molecular formula is C10H14NO6P. The first kappa shape index (κ1) is 14.6. The van der Waals surface area contributed by atoms with Crippen LogP contribution in [0.25, 0.3) is 0 Å². The van der Waals surface area contributed by atoms with Crippen LogP contribution in [0.3, 0.4) is 0 Å². The summed E-state index contributed by atoms with van der Waals surface area (Å²) in [6.45, 7) is 2.17. The summed E-state index contributed by atoms with van der Waals surface area (Å²) in [7, 11) is -4.04. The van der Waals surface area contributed by atoms with E-state index in [1.807, 2.05) is 0 Å². The predicted octanol–water partition coefficient (Wildman–Crippen LogP) is -0.173. The molecule has 0 spiro atoms. The van der Waals surface area contributed by atoms with Gasteiger partial charge in [-0.2, -0.15) is 0 Å². The van der Waals surface area contributed by atoms with E-state index < -0.39 is 18.5 Å². The predicted molar refractivity (Wildman–Crippen MR) is 67.1 cm³/mol. The Morgan fingerprint density at radius 2 is 1.94 bits per heavy atom. The Kier molecular flexibility index (Phi) is 4.84. The highest BCUT2D eigenvalue weighted by molar-refractivity contribution is 7.51. The van der Waals surface area contributed by atoms with Crippen LogP contribution in [-0.4, -0.2) is 29.1 Å². The molecule has 1 rings (SSSR count). The fourth-order valence-electron chi connectivity index (χ4n) is 1.27. The molecular weight excluding hydrogens is 261 g/mol. The van der Waals surface area contributed by atoms with Gasteiger partial charge < -0.3 is 19.8 Å². The molecule has 7 nitrogen and oxygen atoms in total. The van der Waals surface area contributed by atoms with Crippen LogP contribution < -0.4 is 20.9 Å². The zero-order chi connectivity index (χ0) is 13.8. The Morgan fingerprint density at radius 3 is 2.50 bits per heavy atom. The van der Waals surface area contributed by atoms with E-state index in [1.165, 1.54) is 12.2 Å². The van der Waals surface area contributed by atoms with Crippen LogP contribution in [0.5, 0.6) is 5.75 Å². The van der Waals surface area contributed by atoms with E-state index in [9.17, 15) is 14.2 Å². The minimum atomic E-state index is -4.04. The van der Waals surface area contributed by atoms with Gasteiger partial charge in [-0.1, -0.05) is 12.2 Å². The Labute approximate surface area is 103 Å². The van der Waals surface area contributed by atoms with Gasteiger partial charge >= 0.3 is 7.60 Å². The van der Waals surface area contributed by atoms with Crippen molar-refractivity contribution in [2.75, 3.05) is 24.6 Å². The maximum atomic E-state index is 11.2. The maximum absolute atomic E-state index is 11.2. The number of nitrogens with one attached hydrogen (secondary N) is 1. The first-order chi connectivity index (χ1) is 8.37. The van der Waals surface area contributed by atoms with Crippen LogP contribution in [-0.2, 0) is 4.57 Å². The van der Waals surface area contributed by atoms with E-state index in [0.717, 1.165) is 0 Å². The second-order valence-corrected chi connectivity index (χ2v) is 5.19. The molecule has 3 N–H and O–H groups in total. The lowest BCUT2D eigenvalue weighted by molar-refractivity contribution is 0.335. The molecule has 0 radical (unpaired) electrons. The van der Waals surface area contributed by atoms with Crippen LogP contribution in [0.4, 0.5) is 5.69 Å². The maximum Gasteiger partial charge on any atom is 0.329 e. The number of rotatable bonds is 7. The van der Waals surface area contributed by atoms with Gasteiger partial charge in [-0.15, -0.1) is 0 Å². The third-order valence-electron chi connectivity index (χ3n) is 2.06. The molecule has 0 aliphatic carbocycles. The molecule has 100 valence electrons. The molecule has 18 heavy (non-hydrogen) atoms. The zero-order valence-electron chi connectivity index (χ0n) is 9.75. The summed E-state index contributed by atoms with van der Waals surface area (Å²) in [5, 5.41) is 2.66. The summed E-state index contributed by atoms with van der Waals surface area (Å²) in [4.78, 5) is 39.4. The van der Waals surface area contributed by atoms with Crippen LogP contribution in [0.1, 0.15) is 6.92 Å². The summed E-state index contributed by atoms with van der Waals surface area (Å²) < 4.78 is 15.5. The highest BCUT2D eigenvalue weighted by Crippen LogP contribution is 2.33. The van der Waals surface area contributed by atoms with E-state index >= 15 is 0 Å². The molecule has 0 aliphatic heterocycles. The van der Waals surface area contributed by atoms with E-state index in [2.05, 4.69) is 5.32 Å². The molecule has 0 aliphatic rings. The summed E-state index contributed by atoms with van der Waals surface area (Å²) in [5.41, 5.74) is -1.18. The molecule has 1 aromatic rings. The number of ether oxygens (including phenoxy) is 1. The van der Waals surface area contributed by atoms with Gasteiger partial charge in [-0.25, -0.2) is 0 Å². The van der Waals surface area contributed by atoms with E-state index in [0.29, 0.717) is 0 Å². The topological polar surface area (TPSA) is 113 Å². The summed E-state index contributed by atoms with van der Waals surface area (Å²) in [6.07, 6.45) is 2.41. The van der Waals surface area contributed by atoms with Crippen molar-refractivity contribution < 1.29 is 19.1 Å². The molecule has 0 saturated heterocycles. The third kappa shape index (κ3) is 3.80. The monoisotopic (exact) mass is 275 g/mol. The van der Waals surface area contributed by atoms with Gasteiger partial charge in [0.2, 0.25) is 0 Å². The molecule has 0 aromatic heterocycles. The van der Waals surface area contributed by atoms with Crippen molar-refractivity contribution in [1.29, 1.82) is 0 Å². The summed E-state index contributed by atoms with van der Waals surface area (Å²) in [5.74, 6) is 0.0193. The molecule has 0 saturated carbocycles. The van der Waals surface area contributed by atoms with Crippen LogP contribution in [0.15, 0.2) is 21.7 Å². The van der Waals surface area contributed by atoms with Gasteiger partial charge in [0.05, 0.1) is 12.8 Å². The lowest BCUT2D eigenvalue weighted by Gasteiger charge is -2.11. The van der Waals surface area contributed by atoms with Crippen LogP contribution in [0.2, 0.25) is 0 Å². The molecule has 0 bridgehead atoms. The second-order valence-electron chi connectivity index (χ2n) is 3.49. The van der Waals surface area contributed by atoms with Crippen molar-refractivity contribution in [2.45, 2.75) is 6.92 Å². The molecule has 0 unspecified atom stereocenters. The van der Waals surface area contributed by atoms with Gasteiger partial charge in [-0.3, -0.25) is 14.2 Å². The zero-order valence-corrected chi connectivity index (χ0v) is 10.6. The SMILES string of the molecule is CCOc1c(NC/C=C/CP(=O)(O)O)c(=O)c1=O. The molecule has 8 heteroatoms. The Bertz CT molecular complexity index is 551. The Hall–Kier alpha value is -1.43. The number of allylic oxidation sites excluding steroid dienone is 1. The molecule has 0 heterocycles. The standard InChI is InChI=1S/C10H14NO6P/c1-2-17-10-7(8(12)9(10)13)11-5-3-4-6-18(14,15)16/h3-4,11H,2,5-6H2,1H3,(H2,14,15,16)/b4-3+. The van der Waals surface area contributed by atoms with Crippen LogP contribution >= 0.6 is 7.60 Å². The minimum absolute atomic E-state index is 0.0193. The third-order valence-corrected chi connectivity index (χ3v) is 2.75. The van der Waals surface area contributed by atoms with E-state index in [1.54, 1.807) is 6.92 Å². The number of anilines is 1. The highest BCUT2D eigenvalue weighted by Gasteiger charge is 2.21. The smallest absolute Gasteiger partial charge is 0.329 e. The number of hydrogen-bond acceptors (Lipinski definition) is 5. The van der Waals surface area contributed by atoms with Crippen LogP contribution in [0, 0.1) is 0 Å². The van der Waals surface area contributed by atoms with Gasteiger partial charge in [0, 0.05) is 6.54 Å². The van der Waals surface area contributed by atoms with Crippen molar-refractivity contribution in [3.05, 3.63) is 32.6 Å². The van der Waals surface area contributed by atoms with Crippen molar-refractivity contribution in [2.24, 2.45) is 0 Å². The molecule has 0 atom stereocenters. The minimum Gasteiger partial charge on any atom is -0.488 e. The average Bonchev–Trinajstić information content (AvgIpc) is 2.29. The van der Waals surface area contributed by atoms with Crippen molar-refractivity contribution >= 4 is 13.3 Å². The summed E-state index contributed by atoms with van der Waals surface area (Å²) in [6, 6.07) is 0. The normalized spacial score (nSPS) is 12.2.